The van der Waals surface area contributed by atoms with Gasteiger partial charge in [-0.25, -0.2) is 0 Å². The van der Waals surface area contributed by atoms with E-state index in [1.54, 1.807) is 0 Å². The van der Waals surface area contributed by atoms with Crippen LogP contribution in [0.3, 0.4) is 0 Å². The Labute approximate surface area is 108 Å². The molecule has 0 saturated heterocycles. The molecule has 3 aromatic carbocycles. The fourth-order valence-corrected chi connectivity index (χ4v) is 2.51. The first-order valence-corrected chi connectivity index (χ1v) is 6.71. The van der Waals surface area contributed by atoms with Crippen molar-refractivity contribution in [3.05, 3.63) is 60.2 Å². The lowest BCUT2D eigenvalue weighted by Crippen LogP contribution is -1.87. The van der Waals surface area contributed by atoms with Crippen molar-refractivity contribution in [1.82, 2.24) is 0 Å². The van der Waals surface area contributed by atoms with Crippen molar-refractivity contribution < 1.29 is 0 Å². The summed E-state index contributed by atoms with van der Waals surface area (Å²) >= 11 is 0. The van der Waals surface area contributed by atoms with Crippen LogP contribution < -0.4 is 0 Å². The third-order valence-electron chi connectivity index (χ3n) is 3.51. The van der Waals surface area contributed by atoms with E-state index in [0.717, 1.165) is 6.42 Å². The zero-order valence-corrected chi connectivity index (χ0v) is 10.7. The van der Waals surface area contributed by atoms with E-state index in [9.17, 15) is 0 Å². The molecule has 0 N–H and O–H groups in total. The maximum absolute atomic E-state index is 3.59. The van der Waals surface area contributed by atoms with Gasteiger partial charge in [0.15, 0.2) is 0 Å². The number of hydrogen-bond donors (Lipinski definition) is 0. The molecule has 0 heterocycles. The van der Waals surface area contributed by atoms with Crippen molar-refractivity contribution in [2.75, 3.05) is 0 Å². The van der Waals surface area contributed by atoms with Gasteiger partial charge < -0.3 is 0 Å². The lowest BCUT2D eigenvalue weighted by molar-refractivity contribution is 0.799. The first kappa shape index (κ1) is 11.3. The SMILES string of the molecule is CCCCc1cccc2cc3ccccc3[c]c12. The van der Waals surface area contributed by atoms with Crippen molar-refractivity contribution in [2.45, 2.75) is 26.2 Å². The van der Waals surface area contributed by atoms with Gasteiger partial charge in [-0.2, -0.15) is 0 Å². The van der Waals surface area contributed by atoms with Gasteiger partial charge in [-0.05, 0) is 52.1 Å². The minimum Gasteiger partial charge on any atom is -0.0654 e. The summed E-state index contributed by atoms with van der Waals surface area (Å²) in [5, 5.41) is 5.10. The Bertz CT molecular complexity index is 680. The molecule has 0 heteroatoms. The Hall–Kier alpha value is -1.82. The summed E-state index contributed by atoms with van der Waals surface area (Å²) in [6.07, 6.45) is 3.65. The highest BCUT2D eigenvalue weighted by Gasteiger charge is 2.03. The van der Waals surface area contributed by atoms with Crippen LogP contribution in [0.1, 0.15) is 25.3 Å². The van der Waals surface area contributed by atoms with Crippen LogP contribution in [0, 0.1) is 6.07 Å². The van der Waals surface area contributed by atoms with Gasteiger partial charge in [0.2, 0.25) is 0 Å². The second-order valence-electron chi connectivity index (χ2n) is 4.84. The standard InChI is InChI=1S/C18H17/c1-2-3-7-14-10-6-11-17-12-15-8-4-5-9-16(15)13-18(14)17/h4-6,8-12H,2-3,7H2,1H3. The van der Waals surface area contributed by atoms with Crippen LogP contribution >= 0.6 is 0 Å². The topological polar surface area (TPSA) is 0 Å². The molecular weight excluding hydrogens is 216 g/mol. The first-order valence-electron chi connectivity index (χ1n) is 6.71. The van der Waals surface area contributed by atoms with Crippen LogP contribution in [0.15, 0.2) is 48.5 Å². The highest BCUT2D eigenvalue weighted by atomic mass is 14.1. The van der Waals surface area contributed by atoms with E-state index in [1.165, 1.54) is 39.9 Å². The molecule has 0 amide bonds. The van der Waals surface area contributed by atoms with Crippen LogP contribution in [0.2, 0.25) is 0 Å². The lowest BCUT2D eigenvalue weighted by atomic mass is 9.97. The van der Waals surface area contributed by atoms with Gasteiger partial charge in [-0.3, -0.25) is 0 Å². The highest BCUT2D eigenvalue weighted by molar-refractivity contribution is 5.98. The summed E-state index contributed by atoms with van der Waals surface area (Å²) in [5.74, 6) is 0. The molecule has 0 spiro atoms. The molecule has 0 aliphatic carbocycles. The largest absolute Gasteiger partial charge is 0.0654 e. The summed E-state index contributed by atoms with van der Waals surface area (Å²) in [5.41, 5.74) is 1.43. The maximum atomic E-state index is 3.59. The smallest absolute Gasteiger partial charge is 0.00115 e. The summed E-state index contributed by atoms with van der Waals surface area (Å²) in [6, 6.07) is 20.9. The fraction of sp³-hybridized carbons (Fsp3) is 0.222. The van der Waals surface area contributed by atoms with E-state index in [2.05, 4.69) is 61.5 Å². The predicted molar refractivity (Wildman–Crippen MR) is 78.9 cm³/mol. The number of rotatable bonds is 3. The van der Waals surface area contributed by atoms with Crippen molar-refractivity contribution in [3.63, 3.8) is 0 Å². The third kappa shape index (κ3) is 1.99. The molecule has 0 atom stereocenters. The van der Waals surface area contributed by atoms with E-state index < -0.39 is 0 Å². The normalized spacial score (nSPS) is 11.2. The van der Waals surface area contributed by atoms with Gasteiger partial charge in [-0.15, -0.1) is 0 Å². The molecule has 18 heavy (non-hydrogen) atoms. The van der Waals surface area contributed by atoms with Gasteiger partial charge in [0.25, 0.3) is 0 Å². The third-order valence-corrected chi connectivity index (χ3v) is 3.51. The molecule has 3 aromatic rings. The maximum Gasteiger partial charge on any atom is -0.00115 e. The number of unbranched alkanes of at least 4 members (excludes halogenated alkanes) is 1. The second-order valence-corrected chi connectivity index (χ2v) is 4.84. The molecule has 0 aliphatic rings. The van der Waals surface area contributed by atoms with Gasteiger partial charge in [0.05, 0.1) is 0 Å². The molecular formula is C18H17. The monoisotopic (exact) mass is 233 g/mol. The second kappa shape index (κ2) is 4.81. The molecule has 0 bridgehead atoms. The van der Waals surface area contributed by atoms with Gasteiger partial charge >= 0.3 is 0 Å². The van der Waals surface area contributed by atoms with Gasteiger partial charge in [0, 0.05) is 0 Å². The average molecular weight is 233 g/mol. The van der Waals surface area contributed by atoms with Gasteiger partial charge in [0.1, 0.15) is 0 Å². The molecule has 0 aromatic heterocycles. The minimum atomic E-state index is 1.16. The van der Waals surface area contributed by atoms with E-state index in [0.29, 0.717) is 0 Å². The van der Waals surface area contributed by atoms with Crippen LogP contribution in [0.4, 0.5) is 0 Å². The van der Waals surface area contributed by atoms with Crippen molar-refractivity contribution in [2.24, 2.45) is 0 Å². The molecule has 0 unspecified atom stereocenters. The number of aryl methyl sites for hydroxylation is 1. The zero-order valence-electron chi connectivity index (χ0n) is 10.7. The Balaban J connectivity index is 2.22. The van der Waals surface area contributed by atoms with Crippen molar-refractivity contribution in [1.29, 1.82) is 0 Å². The summed E-state index contributed by atoms with van der Waals surface area (Å²) < 4.78 is 0. The molecule has 0 saturated carbocycles. The molecule has 0 fully saturated rings. The van der Waals surface area contributed by atoms with E-state index in [1.807, 2.05) is 0 Å². The van der Waals surface area contributed by atoms with E-state index in [-0.39, 0.29) is 0 Å². The Morgan fingerprint density at radius 1 is 0.944 bits per heavy atom. The van der Waals surface area contributed by atoms with Crippen molar-refractivity contribution >= 4 is 21.5 Å². The molecule has 0 nitrogen and oxygen atoms in total. The van der Waals surface area contributed by atoms with Crippen LogP contribution in [-0.2, 0) is 6.42 Å². The fourth-order valence-electron chi connectivity index (χ4n) is 2.51. The van der Waals surface area contributed by atoms with Crippen molar-refractivity contribution in [3.8, 4) is 0 Å². The highest BCUT2D eigenvalue weighted by Crippen LogP contribution is 2.25. The Morgan fingerprint density at radius 2 is 1.78 bits per heavy atom. The zero-order chi connectivity index (χ0) is 12.4. The summed E-state index contributed by atoms with van der Waals surface area (Å²) in [4.78, 5) is 0. The number of benzene rings is 3. The molecule has 89 valence electrons. The van der Waals surface area contributed by atoms with Crippen LogP contribution in [0.25, 0.3) is 21.5 Å². The Kier molecular flexibility index (Phi) is 3.02. The summed E-state index contributed by atoms with van der Waals surface area (Å²) in [7, 11) is 0. The number of fused-ring (bicyclic) bond motifs is 2. The molecule has 3 rings (SSSR count). The predicted octanol–water partition coefficient (Wildman–Crippen LogP) is 5.14. The Morgan fingerprint density at radius 3 is 2.67 bits per heavy atom. The molecule has 1 radical (unpaired) electrons. The average Bonchev–Trinajstić information content (AvgIpc) is 2.43. The molecule has 0 aliphatic heterocycles. The first-order chi connectivity index (χ1) is 8.88. The lowest BCUT2D eigenvalue weighted by Gasteiger charge is -2.07. The number of hydrogen-bond acceptors (Lipinski definition) is 0. The minimum absolute atomic E-state index is 1.16. The van der Waals surface area contributed by atoms with E-state index >= 15 is 0 Å². The van der Waals surface area contributed by atoms with Crippen LogP contribution in [0.5, 0.6) is 0 Å². The van der Waals surface area contributed by atoms with Gasteiger partial charge in [-0.1, -0.05) is 55.8 Å². The summed E-state index contributed by atoms with van der Waals surface area (Å²) in [6.45, 7) is 2.24. The van der Waals surface area contributed by atoms with Crippen LogP contribution in [-0.4, -0.2) is 0 Å². The quantitative estimate of drug-likeness (QED) is 0.550. The van der Waals surface area contributed by atoms with E-state index in [4.69, 9.17) is 0 Å².